The molecular formula is C13H18BrNO. The van der Waals surface area contributed by atoms with Crippen molar-refractivity contribution in [2.45, 2.75) is 38.1 Å². The predicted octanol–water partition coefficient (Wildman–Crippen LogP) is 4.19. The van der Waals surface area contributed by atoms with Crippen molar-refractivity contribution < 1.29 is 4.42 Å². The van der Waals surface area contributed by atoms with E-state index in [9.17, 15) is 0 Å². The van der Waals surface area contributed by atoms with Gasteiger partial charge >= 0.3 is 0 Å². The van der Waals surface area contributed by atoms with Gasteiger partial charge in [0.15, 0.2) is 0 Å². The molecule has 1 aliphatic rings. The first kappa shape index (κ1) is 11.9. The molecule has 1 aromatic rings. The highest BCUT2D eigenvalue weighted by Crippen LogP contribution is 2.31. The van der Waals surface area contributed by atoms with E-state index in [-0.39, 0.29) is 6.04 Å². The summed E-state index contributed by atoms with van der Waals surface area (Å²) in [4.78, 5) is 0. The van der Waals surface area contributed by atoms with Crippen molar-refractivity contribution >= 4 is 15.9 Å². The standard InChI is InChI=1S/C13H18BrNO/c1-15-12(13-11(14)7-8-16-13)9-10-5-3-2-4-6-10/h5,7-8,12,15H,2-4,6,9H2,1H3. The molecule has 2 rings (SSSR count). The lowest BCUT2D eigenvalue weighted by atomic mass is 9.93. The quantitative estimate of drug-likeness (QED) is 0.838. The van der Waals surface area contributed by atoms with E-state index in [0.717, 1.165) is 16.7 Å². The Bertz CT molecular complexity index is 370. The van der Waals surface area contributed by atoms with Crippen molar-refractivity contribution in [3.05, 3.63) is 34.2 Å². The van der Waals surface area contributed by atoms with Crippen molar-refractivity contribution in [3.63, 3.8) is 0 Å². The van der Waals surface area contributed by atoms with Crippen molar-refractivity contribution in [1.29, 1.82) is 0 Å². The molecule has 0 saturated carbocycles. The normalized spacial score (nSPS) is 18.2. The van der Waals surface area contributed by atoms with E-state index in [1.807, 2.05) is 13.1 Å². The third kappa shape index (κ3) is 2.77. The number of furan rings is 1. The van der Waals surface area contributed by atoms with Gasteiger partial charge in [0.05, 0.1) is 16.8 Å². The Kier molecular flexibility index (Phi) is 4.24. The maximum atomic E-state index is 5.52. The van der Waals surface area contributed by atoms with Crippen molar-refractivity contribution in [2.75, 3.05) is 7.05 Å². The summed E-state index contributed by atoms with van der Waals surface area (Å²) in [5.74, 6) is 1.01. The molecule has 0 radical (unpaired) electrons. The molecule has 1 aliphatic carbocycles. The first-order valence-electron chi connectivity index (χ1n) is 5.89. The Morgan fingerprint density at radius 2 is 2.38 bits per heavy atom. The summed E-state index contributed by atoms with van der Waals surface area (Å²) in [6.07, 6.45) is 10.4. The molecule has 1 unspecified atom stereocenters. The highest BCUT2D eigenvalue weighted by atomic mass is 79.9. The summed E-state index contributed by atoms with van der Waals surface area (Å²) in [6.45, 7) is 0. The van der Waals surface area contributed by atoms with E-state index in [2.05, 4.69) is 27.3 Å². The van der Waals surface area contributed by atoms with Crippen LogP contribution in [0.5, 0.6) is 0 Å². The monoisotopic (exact) mass is 283 g/mol. The summed E-state index contributed by atoms with van der Waals surface area (Å²) in [6, 6.07) is 2.24. The van der Waals surface area contributed by atoms with Crippen molar-refractivity contribution in [1.82, 2.24) is 5.32 Å². The van der Waals surface area contributed by atoms with Crippen LogP contribution in [-0.2, 0) is 0 Å². The lowest BCUT2D eigenvalue weighted by molar-refractivity contribution is 0.421. The summed E-state index contributed by atoms with van der Waals surface area (Å²) < 4.78 is 6.58. The van der Waals surface area contributed by atoms with Crippen LogP contribution < -0.4 is 5.32 Å². The molecule has 0 aliphatic heterocycles. The number of hydrogen-bond acceptors (Lipinski definition) is 2. The van der Waals surface area contributed by atoms with Gasteiger partial charge in [-0.15, -0.1) is 0 Å². The minimum atomic E-state index is 0.286. The molecule has 1 N–H and O–H groups in total. The average molecular weight is 284 g/mol. The Balaban J connectivity index is 2.06. The van der Waals surface area contributed by atoms with Crippen LogP contribution in [0.15, 0.2) is 32.9 Å². The number of nitrogens with one attached hydrogen (secondary N) is 1. The fourth-order valence-corrected chi connectivity index (χ4v) is 2.71. The molecule has 0 spiro atoms. The maximum Gasteiger partial charge on any atom is 0.135 e. The lowest BCUT2D eigenvalue weighted by Gasteiger charge is -2.19. The molecule has 1 aromatic heterocycles. The largest absolute Gasteiger partial charge is 0.466 e. The van der Waals surface area contributed by atoms with E-state index in [1.54, 1.807) is 11.8 Å². The number of hydrogen-bond donors (Lipinski definition) is 1. The molecule has 1 heterocycles. The average Bonchev–Trinajstić information content (AvgIpc) is 2.74. The van der Waals surface area contributed by atoms with Crippen LogP contribution in [0.1, 0.15) is 43.9 Å². The molecule has 16 heavy (non-hydrogen) atoms. The van der Waals surface area contributed by atoms with Crippen molar-refractivity contribution in [3.8, 4) is 0 Å². The van der Waals surface area contributed by atoms with Crippen LogP contribution in [0.25, 0.3) is 0 Å². The SMILES string of the molecule is CNC(CC1=CCCCC1)c1occc1Br. The topological polar surface area (TPSA) is 25.2 Å². The highest BCUT2D eigenvalue weighted by Gasteiger charge is 2.18. The smallest absolute Gasteiger partial charge is 0.135 e. The summed E-state index contributed by atoms with van der Waals surface area (Å²) >= 11 is 3.52. The van der Waals surface area contributed by atoms with Gasteiger partial charge in [-0.1, -0.05) is 11.6 Å². The lowest BCUT2D eigenvalue weighted by Crippen LogP contribution is -2.17. The minimum absolute atomic E-state index is 0.286. The predicted molar refractivity (Wildman–Crippen MR) is 69.4 cm³/mol. The van der Waals surface area contributed by atoms with Crippen molar-refractivity contribution in [2.24, 2.45) is 0 Å². The summed E-state index contributed by atoms with van der Waals surface area (Å²) in [5.41, 5.74) is 1.56. The summed E-state index contributed by atoms with van der Waals surface area (Å²) in [5, 5.41) is 3.33. The summed E-state index contributed by atoms with van der Waals surface area (Å²) in [7, 11) is 1.99. The fourth-order valence-electron chi connectivity index (χ4n) is 2.23. The zero-order chi connectivity index (χ0) is 11.4. The molecule has 0 saturated heterocycles. The van der Waals surface area contributed by atoms with E-state index >= 15 is 0 Å². The second-order valence-corrected chi connectivity index (χ2v) is 5.14. The Morgan fingerprint density at radius 3 is 2.94 bits per heavy atom. The molecule has 0 fully saturated rings. The van der Waals surface area contributed by atoms with Gasteiger partial charge in [-0.05, 0) is 61.1 Å². The van der Waals surface area contributed by atoms with Crippen LogP contribution in [0, 0.1) is 0 Å². The number of rotatable bonds is 4. The van der Waals surface area contributed by atoms with E-state index in [4.69, 9.17) is 4.42 Å². The van der Waals surface area contributed by atoms with Gasteiger partial charge in [-0.25, -0.2) is 0 Å². The second kappa shape index (κ2) is 5.69. The van der Waals surface area contributed by atoms with Gasteiger partial charge in [0, 0.05) is 0 Å². The highest BCUT2D eigenvalue weighted by molar-refractivity contribution is 9.10. The van der Waals surface area contributed by atoms with Gasteiger partial charge < -0.3 is 9.73 Å². The van der Waals surface area contributed by atoms with Gasteiger partial charge in [-0.3, -0.25) is 0 Å². The van der Waals surface area contributed by atoms with E-state index in [0.29, 0.717) is 0 Å². The van der Waals surface area contributed by atoms with Gasteiger partial charge in [-0.2, -0.15) is 0 Å². The molecule has 2 nitrogen and oxygen atoms in total. The molecule has 0 bridgehead atoms. The Morgan fingerprint density at radius 1 is 1.50 bits per heavy atom. The molecule has 0 amide bonds. The second-order valence-electron chi connectivity index (χ2n) is 4.29. The molecule has 3 heteroatoms. The zero-order valence-corrected chi connectivity index (χ0v) is 11.2. The van der Waals surface area contributed by atoms with Crippen LogP contribution in [0.2, 0.25) is 0 Å². The van der Waals surface area contributed by atoms with Crippen LogP contribution in [0.4, 0.5) is 0 Å². The van der Waals surface area contributed by atoms with Crippen LogP contribution >= 0.6 is 15.9 Å². The number of allylic oxidation sites excluding steroid dienone is 1. The zero-order valence-electron chi connectivity index (χ0n) is 9.63. The Labute approximate surface area is 105 Å². The van der Waals surface area contributed by atoms with E-state index in [1.165, 1.54) is 25.7 Å². The first-order chi connectivity index (χ1) is 7.81. The Hall–Kier alpha value is -0.540. The molecule has 0 aromatic carbocycles. The molecule has 1 atom stereocenters. The van der Waals surface area contributed by atoms with Crippen LogP contribution in [0.3, 0.4) is 0 Å². The minimum Gasteiger partial charge on any atom is -0.466 e. The third-order valence-corrected chi connectivity index (χ3v) is 3.82. The molecule has 88 valence electrons. The van der Waals surface area contributed by atoms with Gasteiger partial charge in [0.1, 0.15) is 5.76 Å². The number of halogens is 1. The van der Waals surface area contributed by atoms with Gasteiger partial charge in [0.25, 0.3) is 0 Å². The maximum absolute atomic E-state index is 5.52. The fraction of sp³-hybridized carbons (Fsp3) is 0.538. The van der Waals surface area contributed by atoms with Gasteiger partial charge in [0.2, 0.25) is 0 Å². The molecular weight excluding hydrogens is 266 g/mol. The van der Waals surface area contributed by atoms with Crippen LogP contribution in [-0.4, -0.2) is 7.05 Å². The van der Waals surface area contributed by atoms with E-state index < -0.39 is 0 Å². The third-order valence-electron chi connectivity index (χ3n) is 3.16. The first-order valence-corrected chi connectivity index (χ1v) is 6.68.